The van der Waals surface area contributed by atoms with Crippen LogP contribution in [0.4, 0.5) is 0 Å². The number of imidazole rings is 1. The maximum absolute atomic E-state index is 2.44. The monoisotopic (exact) mass is 377 g/mol. The van der Waals surface area contributed by atoms with Crippen LogP contribution in [0.25, 0.3) is 0 Å². The average Bonchev–Trinajstić information content (AvgIpc) is 3.01. The van der Waals surface area contributed by atoms with Crippen LogP contribution in [0.1, 0.15) is 129 Å². The second-order valence-electron chi connectivity index (χ2n) is 8.57. The SMILES string of the molecule is CCCCCCCCCCCCCCCCCCc1n(CCC)cc[n+]1C. The van der Waals surface area contributed by atoms with Crippen LogP contribution >= 0.6 is 0 Å². The van der Waals surface area contributed by atoms with Crippen molar-refractivity contribution in [2.75, 3.05) is 0 Å². The molecule has 0 bridgehead atoms. The molecule has 2 nitrogen and oxygen atoms in total. The lowest BCUT2D eigenvalue weighted by Crippen LogP contribution is -2.32. The van der Waals surface area contributed by atoms with Gasteiger partial charge in [-0.25, -0.2) is 9.13 Å². The molecule has 0 saturated heterocycles. The van der Waals surface area contributed by atoms with Crippen LogP contribution in [0.15, 0.2) is 12.4 Å². The van der Waals surface area contributed by atoms with Gasteiger partial charge in [-0.15, -0.1) is 0 Å². The zero-order valence-electron chi connectivity index (χ0n) is 19.0. The van der Waals surface area contributed by atoms with Gasteiger partial charge < -0.3 is 0 Å². The Balaban J connectivity index is 1.84. The number of hydrogen-bond acceptors (Lipinski definition) is 0. The van der Waals surface area contributed by atoms with Crippen molar-refractivity contribution in [3.8, 4) is 0 Å². The predicted octanol–water partition coefficient (Wildman–Crippen LogP) is 7.53. The zero-order valence-corrected chi connectivity index (χ0v) is 19.0. The standard InChI is InChI=1S/C25H49N2/c1-4-6-7-8-9-10-11-12-13-14-15-16-17-18-19-20-21-25-26(3)23-24-27(25)22-5-2/h23-24H,4-22H2,1-3H3/q+1. The number of aryl methyl sites for hydroxylation is 2. The van der Waals surface area contributed by atoms with Gasteiger partial charge in [-0.2, -0.15) is 0 Å². The third kappa shape index (κ3) is 12.3. The highest BCUT2D eigenvalue weighted by Gasteiger charge is 2.12. The summed E-state index contributed by atoms with van der Waals surface area (Å²) in [6.07, 6.45) is 30.0. The van der Waals surface area contributed by atoms with Gasteiger partial charge >= 0.3 is 0 Å². The molecule has 0 aliphatic heterocycles. The van der Waals surface area contributed by atoms with E-state index in [1.54, 1.807) is 0 Å². The van der Waals surface area contributed by atoms with Gasteiger partial charge in [-0.05, 0) is 12.8 Å². The van der Waals surface area contributed by atoms with Crippen LogP contribution in [0, 0.1) is 0 Å². The Morgan fingerprint density at radius 3 is 1.52 bits per heavy atom. The summed E-state index contributed by atoms with van der Waals surface area (Å²) in [6.45, 7) is 5.72. The van der Waals surface area contributed by atoms with Crippen molar-refractivity contribution in [1.29, 1.82) is 0 Å². The van der Waals surface area contributed by atoms with E-state index in [9.17, 15) is 0 Å². The van der Waals surface area contributed by atoms with E-state index in [-0.39, 0.29) is 0 Å². The Kier molecular flexibility index (Phi) is 15.6. The summed E-state index contributed by atoms with van der Waals surface area (Å²) < 4.78 is 4.74. The van der Waals surface area contributed by atoms with E-state index in [0.717, 1.165) is 6.54 Å². The van der Waals surface area contributed by atoms with Gasteiger partial charge in [-0.1, -0.05) is 110 Å². The van der Waals surface area contributed by atoms with Crippen LogP contribution in [0.2, 0.25) is 0 Å². The minimum atomic E-state index is 1.16. The number of unbranched alkanes of at least 4 members (excludes halogenated alkanes) is 15. The lowest BCUT2D eigenvalue weighted by molar-refractivity contribution is -0.678. The number of rotatable bonds is 19. The normalized spacial score (nSPS) is 11.4. The van der Waals surface area contributed by atoms with Gasteiger partial charge in [0, 0.05) is 6.42 Å². The second-order valence-corrected chi connectivity index (χ2v) is 8.57. The summed E-state index contributed by atoms with van der Waals surface area (Å²) in [4.78, 5) is 0. The Morgan fingerprint density at radius 1 is 0.630 bits per heavy atom. The lowest BCUT2D eigenvalue weighted by atomic mass is 10.0. The first-order valence-corrected chi connectivity index (χ1v) is 12.3. The second kappa shape index (κ2) is 17.3. The first kappa shape index (κ1) is 24.2. The molecule has 0 spiro atoms. The molecule has 0 aromatic carbocycles. The molecule has 2 heteroatoms. The van der Waals surface area contributed by atoms with Crippen LogP contribution < -0.4 is 4.57 Å². The fourth-order valence-electron chi connectivity index (χ4n) is 4.15. The van der Waals surface area contributed by atoms with E-state index in [2.05, 4.69) is 42.4 Å². The molecule has 27 heavy (non-hydrogen) atoms. The third-order valence-electron chi connectivity index (χ3n) is 5.93. The highest BCUT2D eigenvalue weighted by molar-refractivity contribution is 4.83. The minimum Gasteiger partial charge on any atom is -0.237 e. The Morgan fingerprint density at radius 2 is 1.07 bits per heavy atom. The molecule has 0 N–H and O–H groups in total. The van der Waals surface area contributed by atoms with Crippen LogP contribution in [-0.4, -0.2) is 4.57 Å². The Bertz CT molecular complexity index is 436. The van der Waals surface area contributed by atoms with Gasteiger partial charge in [-0.3, -0.25) is 0 Å². The molecule has 0 radical (unpaired) electrons. The van der Waals surface area contributed by atoms with E-state index >= 15 is 0 Å². The van der Waals surface area contributed by atoms with E-state index in [1.807, 2.05) is 0 Å². The summed E-state index contributed by atoms with van der Waals surface area (Å²) in [5, 5.41) is 0. The first-order chi connectivity index (χ1) is 13.3. The van der Waals surface area contributed by atoms with Crippen LogP contribution in [0.5, 0.6) is 0 Å². The maximum Gasteiger partial charge on any atom is 0.256 e. The van der Waals surface area contributed by atoms with Crippen LogP contribution in [0.3, 0.4) is 0 Å². The fourth-order valence-corrected chi connectivity index (χ4v) is 4.15. The molecule has 158 valence electrons. The highest BCUT2D eigenvalue weighted by Crippen LogP contribution is 2.14. The summed E-state index contributed by atoms with van der Waals surface area (Å²) in [5.41, 5.74) is 0. The van der Waals surface area contributed by atoms with E-state index in [0.29, 0.717) is 0 Å². The molecule has 0 aliphatic rings. The number of nitrogens with zero attached hydrogens (tertiary/aromatic N) is 2. The molecule has 1 heterocycles. The molecule has 1 aromatic heterocycles. The van der Waals surface area contributed by atoms with Crippen molar-refractivity contribution in [3.05, 3.63) is 18.2 Å². The minimum absolute atomic E-state index is 1.16. The van der Waals surface area contributed by atoms with Gasteiger partial charge in [0.05, 0.1) is 13.6 Å². The van der Waals surface area contributed by atoms with Crippen molar-refractivity contribution < 1.29 is 4.57 Å². The molecular weight excluding hydrogens is 328 g/mol. The quantitative estimate of drug-likeness (QED) is 0.174. The largest absolute Gasteiger partial charge is 0.256 e. The van der Waals surface area contributed by atoms with Gasteiger partial charge in [0.15, 0.2) is 0 Å². The molecule has 0 atom stereocenters. The van der Waals surface area contributed by atoms with Crippen molar-refractivity contribution in [1.82, 2.24) is 4.57 Å². The summed E-state index contributed by atoms with van der Waals surface area (Å²) in [5.74, 6) is 1.50. The van der Waals surface area contributed by atoms with Crippen molar-refractivity contribution in [2.24, 2.45) is 7.05 Å². The predicted molar refractivity (Wildman–Crippen MR) is 119 cm³/mol. The molecule has 0 amide bonds. The summed E-state index contributed by atoms with van der Waals surface area (Å²) in [7, 11) is 2.19. The lowest BCUT2D eigenvalue weighted by Gasteiger charge is -2.04. The highest BCUT2D eigenvalue weighted by atomic mass is 15.1. The molecule has 1 aromatic rings. The molecule has 0 saturated carbocycles. The molecular formula is C25H49N2+. The van der Waals surface area contributed by atoms with Gasteiger partial charge in [0.2, 0.25) is 0 Å². The van der Waals surface area contributed by atoms with Crippen molar-refractivity contribution >= 4 is 0 Å². The first-order valence-electron chi connectivity index (χ1n) is 12.3. The van der Waals surface area contributed by atoms with E-state index in [1.165, 1.54) is 121 Å². The zero-order chi connectivity index (χ0) is 19.6. The molecule has 0 aliphatic carbocycles. The fraction of sp³-hybridized carbons (Fsp3) is 0.880. The number of aromatic nitrogens is 2. The smallest absolute Gasteiger partial charge is 0.237 e. The average molecular weight is 378 g/mol. The summed E-state index contributed by atoms with van der Waals surface area (Å²) >= 11 is 0. The van der Waals surface area contributed by atoms with Gasteiger partial charge in [0.25, 0.3) is 5.82 Å². The topological polar surface area (TPSA) is 8.81 Å². The molecule has 0 fully saturated rings. The Hall–Kier alpha value is -0.790. The molecule has 1 rings (SSSR count). The molecule has 0 unspecified atom stereocenters. The number of hydrogen-bond donors (Lipinski definition) is 0. The van der Waals surface area contributed by atoms with Crippen LogP contribution in [-0.2, 0) is 20.0 Å². The van der Waals surface area contributed by atoms with Gasteiger partial charge in [0.1, 0.15) is 12.4 Å². The van der Waals surface area contributed by atoms with Crippen molar-refractivity contribution in [3.63, 3.8) is 0 Å². The van der Waals surface area contributed by atoms with E-state index < -0.39 is 0 Å². The summed E-state index contributed by atoms with van der Waals surface area (Å²) in [6, 6.07) is 0. The Labute approximate surface area is 170 Å². The maximum atomic E-state index is 2.44. The van der Waals surface area contributed by atoms with E-state index in [4.69, 9.17) is 0 Å². The third-order valence-corrected chi connectivity index (χ3v) is 5.93. The van der Waals surface area contributed by atoms with Crippen molar-refractivity contribution in [2.45, 2.75) is 136 Å².